The fourth-order valence-electron chi connectivity index (χ4n) is 1.01. The fraction of sp³-hybridized carbons (Fsp3) is 0.556. The van der Waals surface area contributed by atoms with E-state index in [1.165, 1.54) is 0 Å². The Morgan fingerprint density at radius 1 is 1.64 bits per heavy atom. The van der Waals surface area contributed by atoms with Gasteiger partial charge in [-0.1, -0.05) is 12.1 Å². The first-order valence-corrected chi connectivity index (χ1v) is 4.66. The molecule has 1 heterocycles. The third kappa shape index (κ3) is 3.57. The van der Waals surface area contributed by atoms with Crippen LogP contribution in [0.4, 0.5) is 5.82 Å². The number of aromatic nitrogens is 1. The normalized spacial score (nSPS) is 10.1. The molecule has 0 aliphatic heterocycles. The van der Waals surface area contributed by atoms with E-state index in [0.29, 0.717) is 24.5 Å². The number of hydrogen-bond acceptors (Lipinski definition) is 4. The second-order valence-corrected chi connectivity index (χ2v) is 2.97. The van der Waals surface area contributed by atoms with E-state index in [0.717, 1.165) is 6.54 Å². The number of carbonyl (C=O) groups is 1. The number of rotatable bonds is 5. The van der Waals surface area contributed by atoms with Crippen molar-refractivity contribution < 1.29 is 9.32 Å². The smallest absolute Gasteiger partial charge is 0.226 e. The molecule has 5 heteroatoms. The summed E-state index contributed by atoms with van der Waals surface area (Å²) in [7, 11) is 0. The van der Waals surface area contributed by atoms with E-state index in [1.54, 1.807) is 13.0 Å². The van der Waals surface area contributed by atoms with Crippen LogP contribution in [0.25, 0.3) is 0 Å². The summed E-state index contributed by atoms with van der Waals surface area (Å²) in [5.74, 6) is 1.11. The van der Waals surface area contributed by atoms with Gasteiger partial charge in [-0.2, -0.15) is 0 Å². The largest absolute Gasteiger partial charge is 0.360 e. The molecule has 0 saturated heterocycles. The number of carbonyl (C=O) groups excluding carboxylic acids is 1. The summed E-state index contributed by atoms with van der Waals surface area (Å²) in [6.07, 6.45) is 0.444. The fourth-order valence-corrected chi connectivity index (χ4v) is 1.01. The Balaban J connectivity index is 2.27. The summed E-state index contributed by atoms with van der Waals surface area (Å²) in [6.45, 7) is 5.33. The van der Waals surface area contributed by atoms with Crippen molar-refractivity contribution in [1.29, 1.82) is 0 Å². The van der Waals surface area contributed by atoms with Crippen molar-refractivity contribution in [3.8, 4) is 0 Å². The molecule has 14 heavy (non-hydrogen) atoms. The Morgan fingerprint density at radius 3 is 3.00 bits per heavy atom. The minimum absolute atomic E-state index is 0.0562. The van der Waals surface area contributed by atoms with Gasteiger partial charge in [0.05, 0.1) is 0 Å². The van der Waals surface area contributed by atoms with Crippen molar-refractivity contribution in [2.75, 3.05) is 18.4 Å². The first-order valence-electron chi connectivity index (χ1n) is 4.66. The zero-order chi connectivity index (χ0) is 10.4. The summed E-state index contributed by atoms with van der Waals surface area (Å²) >= 11 is 0. The van der Waals surface area contributed by atoms with Crippen molar-refractivity contribution in [1.82, 2.24) is 10.5 Å². The maximum atomic E-state index is 11.3. The molecule has 0 spiro atoms. The zero-order valence-electron chi connectivity index (χ0n) is 8.46. The van der Waals surface area contributed by atoms with Crippen LogP contribution in [-0.4, -0.2) is 24.2 Å². The number of nitrogens with one attached hydrogen (secondary N) is 2. The van der Waals surface area contributed by atoms with E-state index in [9.17, 15) is 4.79 Å². The summed E-state index contributed by atoms with van der Waals surface area (Å²) in [5.41, 5.74) is 0. The van der Waals surface area contributed by atoms with Gasteiger partial charge in [0, 0.05) is 19.0 Å². The maximum absolute atomic E-state index is 11.3. The van der Waals surface area contributed by atoms with Crippen LogP contribution in [-0.2, 0) is 4.79 Å². The number of nitrogens with zero attached hydrogens (tertiary/aromatic N) is 1. The molecule has 0 bridgehead atoms. The van der Waals surface area contributed by atoms with E-state index in [4.69, 9.17) is 4.52 Å². The van der Waals surface area contributed by atoms with Crippen molar-refractivity contribution >= 4 is 11.7 Å². The lowest BCUT2D eigenvalue weighted by Gasteiger charge is -2.01. The summed E-state index contributed by atoms with van der Waals surface area (Å²) in [4.78, 5) is 11.3. The average Bonchev–Trinajstić information content (AvgIpc) is 2.52. The standard InChI is InChI=1S/C9H15N3O2/c1-3-10-5-4-9(13)11-8-6-7(2)14-12-8/h6,10H,3-5H2,1-2H3,(H,11,12,13). The van der Waals surface area contributed by atoms with Gasteiger partial charge in [0.2, 0.25) is 5.91 Å². The van der Waals surface area contributed by atoms with E-state index >= 15 is 0 Å². The van der Waals surface area contributed by atoms with Crippen LogP contribution < -0.4 is 10.6 Å². The molecule has 0 unspecified atom stereocenters. The van der Waals surface area contributed by atoms with Crippen LogP contribution in [0.2, 0.25) is 0 Å². The number of hydrogen-bond donors (Lipinski definition) is 2. The van der Waals surface area contributed by atoms with Gasteiger partial charge in [0.25, 0.3) is 0 Å². The second kappa shape index (κ2) is 5.39. The van der Waals surface area contributed by atoms with Crippen molar-refractivity contribution in [3.63, 3.8) is 0 Å². The molecule has 0 aromatic carbocycles. The van der Waals surface area contributed by atoms with E-state index in [1.807, 2.05) is 6.92 Å². The molecule has 0 aliphatic rings. The molecule has 1 rings (SSSR count). The van der Waals surface area contributed by atoms with Gasteiger partial charge in [0.15, 0.2) is 5.82 Å². The highest BCUT2D eigenvalue weighted by atomic mass is 16.5. The Bertz CT molecular complexity index is 296. The molecule has 0 aliphatic carbocycles. The third-order valence-corrected chi connectivity index (χ3v) is 1.67. The molecule has 1 aromatic rings. The Kier molecular flexibility index (Phi) is 4.12. The molecular weight excluding hydrogens is 182 g/mol. The van der Waals surface area contributed by atoms with E-state index in [-0.39, 0.29) is 5.91 Å². The van der Waals surface area contributed by atoms with Crippen LogP contribution in [0.15, 0.2) is 10.6 Å². The van der Waals surface area contributed by atoms with Gasteiger partial charge >= 0.3 is 0 Å². The lowest BCUT2D eigenvalue weighted by Crippen LogP contribution is -2.21. The highest BCUT2D eigenvalue weighted by molar-refractivity contribution is 5.89. The van der Waals surface area contributed by atoms with Crippen LogP contribution in [0.1, 0.15) is 19.1 Å². The molecule has 1 aromatic heterocycles. The molecule has 78 valence electrons. The van der Waals surface area contributed by atoms with Gasteiger partial charge < -0.3 is 15.2 Å². The monoisotopic (exact) mass is 197 g/mol. The van der Waals surface area contributed by atoms with E-state index < -0.39 is 0 Å². The lowest BCUT2D eigenvalue weighted by atomic mass is 10.4. The third-order valence-electron chi connectivity index (χ3n) is 1.67. The van der Waals surface area contributed by atoms with Gasteiger partial charge in [0.1, 0.15) is 5.76 Å². The first kappa shape index (κ1) is 10.7. The summed E-state index contributed by atoms with van der Waals surface area (Å²) < 4.78 is 4.81. The molecule has 0 radical (unpaired) electrons. The van der Waals surface area contributed by atoms with Crippen LogP contribution in [0.5, 0.6) is 0 Å². The second-order valence-electron chi connectivity index (χ2n) is 2.97. The predicted molar refractivity (Wildman–Crippen MR) is 53.0 cm³/mol. The average molecular weight is 197 g/mol. The number of aryl methyl sites for hydroxylation is 1. The molecule has 5 nitrogen and oxygen atoms in total. The van der Waals surface area contributed by atoms with Gasteiger partial charge in [-0.05, 0) is 13.5 Å². The predicted octanol–water partition coefficient (Wildman–Crippen LogP) is 0.921. The number of amides is 1. The zero-order valence-corrected chi connectivity index (χ0v) is 8.46. The Labute approximate surface area is 82.8 Å². The summed E-state index contributed by atoms with van der Waals surface area (Å²) in [6, 6.07) is 1.69. The minimum atomic E-state index is -0.0562. The van der Waals surface area contributed by atoms with E-state index in [2.05, 4.69) is 15.8 Å². The lowest BCUT2D eigenvalue weighted by molar-refractivity contribution is -0.116. The molecule has 0 fully saturated rings. The SMILES string of the molecule is CCNCCC(=O)Nc1cc(C)on1. The highest BCUT2D eigenvalue weighted by Gasteiger charge is 2.04. The Hall–Kier alpha value is -1.36. The van der Waals surface area contributed by atoms with Crippen molar-refractivity contribution in [2.24, 2.45) is 0 Å². The molecular formula is C9H15N3O2. The molecule has 0 saturated carbocycles. The Morgan fingerprint density at radius 2 is 2.43 bits per heavy atom. The highest BCUT2D eigenvalue weighted by Crippen LogP contribution is 2.06. The van der Waals surface area contributed by atoms with Crippen LogP contribution in [0, 0.1) is 6.92 Å². The summed E-state index contributed by atoms with van der Waals surface area (Å²) in [5, 5.41) is 9.36. The van der Waals surface area contributed by atoms with Gasteiger partial charge in [-0.15, -0.1) is 0 Å². The first-order chi connectivity index (χ1) is 6.72. The molecule has 0 atom stereocenters. The maximum Gasteiger partial charge on any atom is 0.226 e. The quantitative estimate of drug-likeness (QED) is 0.689. The van der Waals surface area contributed by atoms with Crippen LogP contribution in [0.3, 0.4) is 0 Å². The van der Waals surface area contributed by atoms with Gasteiger partial charge in [-0.3, -0.25) is 4.79 Å². The molecule has 2 N–H and O–H groups in total. The number of anilines is 1. The van der Waals surface area contributed by atoms with Gasteiger partial charge in [-0.25, -0.2) is 0 Å². The molecule has 1 amide bonds. The topological polar surface area (TPSA) is 67.2 Å². The minimum Gasteiger partial charge on any atom is -0.360 e. The van der Waals surface area contributed by atoms with Crippen molar-refractivity contribution in [3.05, 3.63) is 11.8 Å². The van der Waals surface area contributed by atoms with Crippen LogP contribution >= 0.6 is 0 Å². The van der Waals surface area contributed by atoms with Crippen molar-refractivity contribution in [2.45, 2.75) is 20.3 Å².